The number of benzene rings is 3. The number of fused-ring (bicyclic) bond motifs is 2. The first-order valence-electron chi connectivity index (χ1n) is 9.62. The van der Waals surface area contributed by atoms with Gasteiger partial charge in [-0.15, -0.1) is 0 Å². The van der Waals surface area contributed by atoms with Crippen LogP contribution in [0.3, 0.4) is 0 Å². The average molecular weight is 371 g/mol. The Morgan fingerprint density at radius 2 is 1.68 bits per heavy atom. The van der Waals surface area contributed by atoms with Crippen LogP contribution in [0.4, 0.5) is 0 Å². The molecule has 0 spiro atoms. The fourth-order valence-corrected chi connectivity index (χ4v) is 3.66. The minimum absolute atomic E-state index is 0.00479. The molecule has 4 nitrogen and oxygen atoms in total. The van der Waals surface area contributed by atoms with Crippen LogP contribution in [0.25, 0.3) is 21.8 Å². The highest BCUT2D eigenvalue weighted by molar-refractivity contribution is 5.86. The van der Waals surface area contributed by atoms with Gasteiger partial charge in [0.1, 0.15) is 12.4 Å². The Hall–Kier alpha value is -3.14. The quantitative estimate of drug-likeness (QED) is 0.565. The first-order chi connectivity index (χ1) is 13.4. The van der Waals surface area contributed by atoms with Crippen LogP contribution in [0.5, 0.6) is 0 Å². The second-order valence-corrected chi connectivity index (χ2v) is 8.22. The molecular weight excluding hydrogens is 346 g/mol. The first kappa shape index (κ1) is 18.2. The molecule has 3 aromatic carbocycles. The van der Waals surface area contributed by atoms with Crippen molar-refractivity contribution in [3.05, 3.63) is 78.1 Å². The maximum atomic E-state index is 12.6. The lowest BCUT2D eigenvalue weighted by Crippen LogP contribution is -2.42. The summed E-state index contributed by atoms with van der Waals surface area (Å²) >= 11 is 0. The van der Waals surface area contributed by atoms with Gasteiger partial charge in [-0.3, -0.25) is 4.79 Å². The Kier molecular flexibility index (Phi) is 4.63. The van der Waals surface area contributed by atoms with Gasteiger partial charge < -0.3 is 9.88 Å². The number of hydrogen-bond acceptors (Lipinski definition) is 2. The van der Waals surface area contributed by atoms with Crippen molar-refractivity contribution in [2.75, 3.05) is 0 Å². The Labute approximate surface area is 165 Å². The SMILES string of the molecule is CC(C)(C)NC(=O)Cn1c(Cc2cccc3ccccc23)nc2ccccc21. The number of para-hydroxylation sites is 2. The van der Waals surface area contributed by atoms with Crippen LogP contribution >= 0.6 is 0 Å². The van der Waals surface area contributed by atoms with Crippen molar-refractivity contribution >= 4 is 27.7 Å². The number of rotatable bonds is 4. The number of imidazole rings is 1. The topological polar surface area (TPSA) is 46.9 Å². The van der Waals surface area contributed by atoms with Crippen LogP contribution in [0.2, 0.25) is 0 Å². The molecule has 0 fully saturated rings. The van der Waals surface area contributed by atoms with Gasteiger partial charge in [-0.05, 0) is 49.2 Å². The van der Waals surface area contributed by atoms with Crippen LogP contribution in [0, 0.1) is 0 Å². The van der Waals surface area contributed by atoms with E-state index in [4.69, 9.17) is 4.98 Å². The molecule has 142 valence electrons. The van der Waals surface area contributed by atoms with Gasteiger partial charge >= 0.3 is 0 Å². The molecule has 1 N–H and O–H groups in total. The van der Waals surface area contributed by atoms with Crippen molar-refractivity contribution in [1.29, 1.82) is 0 Å². The number of aromatic nitrogens is 2. The summed E-state index contributed by atoms with van der Waals surface area (Å²) in [6.07, 6.45) is 0.679. The Morgan fingerprint density at radius 1 is 0.964 bits per heavy atom. The van der Waals surface area contributed by atoms with E-state index in [0.717, 1.165) is 16.9 Å². The van der Waals surface area contributed by atoms with Crippen LogP contribution in [-0.2, 0) is 17.8 Å². The lowest BCUT2D eigenvalue weighted by molar-refractivity contribution is -0.123. The molecule has 0 saturated heterocycles. The molecule has 4 rings (SSSR count). The minimum atomic E-state index is -0.261. The molecule has 0 bridgehead atoms. The highest BCUT2D eigenvalue weighted by Crippen LogP contribution is 2.23. The van der Waals surface area contributed by atoms with Gasteiger partial charge in [0.15, 0.2) is 0 Å². The van der Waals surface area contributed by atoms with E-state index in [1.807, 2.05) is 49.6 Å². The van der Waals surface area contributed by atoms with E-state index in [0.29, 0.717) is 6.42 Å². The van der Waals surface area contributed by atoms with Crippen LogP contribution < -0.4 is 5.32 Å². The summed E-state index contributed by atoms with van der Waals surface area (Å²) in [6.45, 7) is 6.24. The number of nitrogens with zero attached hydrogens (tertiary/aromatic N) is 2. The molecule has 1 heterocycles. The largest absolute Gasteiger partial charge is 0.350 e. The first-order valence-corrected chi connectivity index (χ1v) is 9.62. The Bertz CT molecular complexity index is 1150. The maximum absolute atomic E-state index is 12.6. The van der Waals surface area contributed by atoms with Crippen LogP contribution in [-0.4, -0.2) is 21.0 Å². The van der Waals surface area contributed by atoms with Crippen LogP contribution in [0.15, 0.2) is 66.7 Å². The lowest BCUT2D eigenvalue weighted by atomic mass is 10.0. The van der Waals surface area contributed by atoms with E-state index < -0.39 is 0 Å². The van der Waals surface area contributed by atoms with Crippen molar-refractivity contribution in [3.63, 3.8) is 0 Å². The third-order valence-electron chi connectivity index (χ3n) is 4.78. The second kappa shape index (κ2) is 7.12. The molecule has 0 unspecified atom stereocenters. The van der Waals surface area contributed by atoms with Gasteiger partial charge in [0, 0.05) is 12.0 Å². The zero-order valence-corrected chi connectivity index (χ0v) is 16.6. The number of nitrogens with one attached hydrogen (secondary N) is 1. The van der Waals surface area contributed by atoms with E-state index in [2.05, 4.69) is 47.8 Å². The fourth-order valence-electron chi connectivity index (χ4n) is 3.66. The van der Waals surface area contributed by atoms with E-state index in [1.54, 1.807) is 0 Å². The third-order valence-corrected chi connectivity index (χ3v) is 4.78. The Morgan fingerprint density at radius 3 is 2.50 bits per heavy atom. The predicted octanol–water partition coefficient (Wildman–Crippen LogP) is 4.70. The number of amides is 1. The van der Waals surface area contributed by atoms with Crippen molar-refractivity contribution in [2.24, 2.45) is 0 Å². The molecule has 0 aliphatic carbocycles. The predicted molar refractivity (Wildman–Crippen MR) is 114 cm³/mol. The standard InChI is InChI=1S/C24H25N3O/c1-24(2,3)26-23(28)16-27-21-14-7-6-13-20(21)25-22(27)15-18-11-8-10-17-9-4-5-12-19(17)18/h4-14H,15-16H2,1-3H3,(H,26,28). The molecule has 0 radical (unpaired) electrons. The van der Waals surface area contributed by atoms with Gasteiger partial charge in [-0.25, -0.2) is 4.98 Å². The second-order valence-electron chi connectivity index (χ2n) is 8.22. The molecule has 0 atom stereocenters. The molecule has 0 aliphatic rings. The summed E-state index contributed by atoms with van der Waals surface area (Å²) in [6, 6.07) is 22.7. The zero-order valence-electron chi connectivity index (χ0n) is 16.6. The molecule has 4 heteroatoms. The van der Waals surface area contributed by atoms with Crippen molar-refractivity contribution in [1.82, 2.24) is 14.9 Å². The summed E-state index contributed by atoms with van der Waals surface area (Å²) in [4.78, 5) is 17.5. The fraction of sp³-hybridized carbons (Fsp3) is 0.250. The third kappa shape index (κ3) is 3.77. The van der Waals surface area contributed by atoms with Crippen molar-refractivity contribution in [2.45, 2.75) is 39.3 Å². The number of hydrogen-bond donors (Lipinski definition) is 1. The molecule has 0 saturated carbocycles. The smallest absolute Gasteiger partial charge is 0.240 e. The van der Waals surface area contributed by atoms with E-state index in [9.17, 15) is 4.79 Å². The Balaban J connectivity index is 1.75. The summed E-state index contributed by atoms with van der Waals surface area (Å²) in [7, 11) is 0. The normalized spacial score (nSPS) is 11.8. The molecule has 0 aliphatic heterocycles. The van der Waals surface area contributed by atoms with E-state index >= 15 is 0 Å². The monoisotopic (exact) mass is 371 g/mol. The van der Waals surface area contributed by atoms with Gasteiger partial charge in [-0.1, -0.05) is 54.6 Å². The molecule has 1 amide bonds. The highest BCUT2D eigenvalue weighted by Gasteiger charge is 2.18. The van der Waals surface area contributed by atoms with Gasteiger partial charge in [0.2, 0.25) is 5.91 Å². The molecule has 4 aromatic rings. The van der Waals surface area contributed by atoms with Gasteiger partial charge in [0.25, 0.3) is 0 Å². The van der Waals surface area contributed by atoms with E-state index in [-0.39, 0.29) is 18.0 Å². The van der Waals surface area contributed by atoms with Crippen molar-refractivity contribution in [3.8, 4) is 0 Å². The lowest BCUT2D eigenvalue weighted by Gasteiger charge is -2.21. The summed E-state index contributed by atoms with van der Waals surface area (Å²) < 4.78 is 2.04. The maximum Gasteiger partial charge on any atom is 0.240 e. The van der Waals surface area contributed by atoms with Gasteiger partial charge in [-0.2, -0.15) is 0 Å². The van der Waals surface area contributed by atoms with Crippen LogP contribution in [0.1, 0.15) is 32.2 Å². The zero-order chi connectivity index (χ0) is 19.7. The highest BCUT2D eigenvalue weighted by atomic mass is 16.2. The van der Waals surface area contributed by atoms with Gasteiger partial charge in [0.05, 0.1) is 11.0 Å². The minimum Gasteiger partial charge on any atom is -0.350 e. The molecular formula is C24H25N3O. The summed E-state index contributed by atoms with van der Waals surface area (Å²) in [5.74, 6) is 0.899. The molecule has 1 aromatic heterocycles. The molecule has 28 heavy (non-hydrogen) atoms. The van der Waals surface area contributed by atoms with E-state index in [1.165, 1.54) is 16.3 Å². The van der Waals surface area contributed by atoms with Crippen molar-refractivity contribution < 1.29 is 4.79 Å². The average Bonchev–Trinajstić information content (AvgIpc) is 2.98. The number of carbonyl (C=O) groups excluding carboxylic acids is 1. The summed E-state index contributed by atoms with van der Waals surface area (Å²) in [5.41, 5.74) is 2.86. The number of carbonyl (C=O) groups is 1. The summed E-state index contributed by atoms with van der Waals surface area (Å²) in [5, 5.41) is 5.50.